The zero-order valence-electron chi connectivity index (χ0n) is 12.1. The van der Waals surface area contributed by atoms with Crippen LogP contribution in [-0.4, -0.2) is 16.4 Å². The summed E-state index contributed by atoms with van der Waals surface area (Å²) in [6.07, 6.45) is 1.52. The lowest BCUT2D eigenvalue weighted by Crippen LogP contribution is -2.48. The predicted octanol–water partition coefficient (Wildman–Crippen LogP) is 3.69. The zero-order valence-corrected chi connectivity index (χ0v) is 13.8. The van der Waals surface area contributed by atoms with Crippen LogP contribution in [0.2, 0.25) is 0 Å². The quantitative estimate of drug-likeness (QED) is 0.881. The Bertz CT molecular complexity index is 584. The maximum Gasteiger partial charge on any atom is 0.245 e. The van der Waals surface area contributed by atoms with E-state index in [2.05, 4.69) is 10.3 Å². The Balaban J connectivity index is 0.00000220. The molecule has 1 aromatic carbocycles. The van der Waals surface area contributed by atoms with Gasteiger partial charge in [0.05, 0.1) is 11.2 Å². The van der Waals surface area contributed by atoms with Gasteiger partial charge in [-0.25, -0.2) is 4.98 Å². The maximum absolute atomic E-state index is 12.1. The van der Waals surface area contributed by atoms with Crippen molar-refractivity contribution in [3.8, 4) is 11.3 Å². The summed E-state index contributed by atoms with van der Waals surface area (Å²) in [5, 5.41) is 5.31. The molecule has 0 bridgehead atoms. The summed E-state index contributed by atoms with van der Waals surface area (Å²) in [5.74, 6) is -0.187. The largest absolute Gasteiger partial charge is 0.318 e. The van der Waals surface area contributed by atoms with E-state index in [-0.39, 0.29) is 18.3 Å². The number of benzene rings is 1. The smallest absolute Gasteiger partial charge is 0.245 e. The Morgan fingerprint density at radius 1 is 1.38 bits per heavy atom. The Morgan fingerprint density at radius 2 is 2.05 bits per heavy atom. The summed E-state index contributed by atoms with van der Waals surface area (Å²) >= 11 is 1.41. The van der Waals surface area contributed by atoms with Gasteiger partial charge in [-0.15, -0.1) is 23.7 Å². The van der Waals surface area contributed by atoms with Gasteiger partial charge in [-0.2, -0.15) is 0 Å². The van der Waals surface area contributed by atoms with Gasteiger partial charge in [0, 0.05) is 10.9 Å². The molecule has 1 heterocycles. The molecule has 3 N–H and O–H groups in total. The first kappa shape index (κ1) is 17.6. The van der Waals surface area contributed by atoms with Crippen LogP contribution >= 0.6 is 23.7 Å². The first-order valence-corrected chi connectivity index (χ1v) is 7.52. The second-order valence-electron chi connectivity index (χ2n) is 5.03. The van der Waals surface area contributed by atoms with Crippen LogP contribution in [0.1, 0.15) is 26.7 Å². The molecule has 6 heteroatoms. The number of carbonyl (C=O) groups is 1. The van der Waals surface area contributed by atoms with Crippen molar-refractivity contribution in [2.45, 2.75) is 32.2 Å². The predicted molar refractivity (Wildman–Crippen MR) is 90.9 cm³/mol. The van der Waals surface area contributed by atoms with Gasteiger partial charge in [-0.05, 0) is 13.3 Å². The van der Waals surface area contributed by atoms with Crippen molar-refractivity contribution in [2.24, 2.45) is 5.73 Å². The second-order valence-corrected chi connectivity index (χ2v) is 5.88. The van der Waals surface area contributed by atoms with E-state index < -0.39 is 5.54 Å². The van der Waals surface area contributed by atoms with Gasteiger partial charge in [0.15, 0.2) is 5.13 Å². The van der Waals surface area contributed by atoms with Crippen LogP contribution in [0.25, 0.3) is 11.3 Å². The number of hydrogen-bond donors (Lipinski definition) is 2. The molecule has 0 saturated heterocycles. The minimum absolute atomic E-state index is 0. The lowest BCUT2D eigenvalue weighted by atomic mass is 9.97. The molecule has 1 unspecified atom stereocenters. The Kier molecular flexibility index (Phi) is 6.33. The van der Waals surface area contributed by atoms with Crippen molar-refractivity contribution in [1.82, 2.24) is 4.98 Å². The van der Waals surface area contributed by atoms with Crippen LogP contribution in [-0.2, 0) is 4.79 Å². The van der Waals surface area contributed by atoms with Crippen molar-refractivity contribution in [1.29, 1.82) is 0 Å². The van der Waals surface area contributed by atoms with Gasteiger partial charge in [-0.1, -0.05) is 43.7 Å². The zero-order chi connectivity index (χ0) is 14.6. The number of anilines is 1. The van der Waals surface area contributed by atoms with Crippen molar-refractivity contribution >= 4 is 34.8 Å². The first-order valence-electron chi connectivity index (χ1n) is 6.64. The van der Waals surface area contributed by atoms with E-state index in [9.17, 15) is 4.79 Å². The molecule has 0 saturated carbocycles. The molecule has 0 aliphatic heterocycles. The standard InChI is InChI=1S/C15H19N3OS.ClH/c1-3-9-15(2,16)13(19)18-14-17-12(10-20-14)11-7-5-4-6-8-11;/h4-8,10H,3,9,16H2,1-2H3,(H,17,18,19);1H. The number of carbonyl (C=O) groups excluding carboxylic acids is 1. The van der Waals surface area contributed by atoms with Crippen molar-refractivity contribution in [3.05, 3.63) is 35.7 Å². The molecule has 1 amide bonds. The second kappa shape index (κ2) is 7.54. The molecule has 2 rings (SSSR count). The normalized spacial score (nSPS) is 13.1. The third kappa shape index (κ3) is 4.52. The fourth-order valence-electron chi connectivity index (χ4n) is 1.95. The molecule has 114 valence electrons. The average Bonchev–Trinajstić information content (AvgIpc) is 2.88. The molecule has 1 atom stereocenters. The number of halogens is 1. The third-order valence-electron chi connectivity index (χ3n) is 3.08. The van der Waals surface area contributed by atoms with E-state index in [4.69, 9.17) is 5.73 Å². The number of aromatic nitrogens is 1. The fourth-order valence-corrected chi connectivity index (χ4v) is 2.66. The van der Waals surface area contributed by atoms with Gasteiger partial charge in [0.1, 0.15) is 0 Å². The molecule has 4 nitrogen and oxygen atoms in total. The summed E-state index contributed by atoms with van der Waals surface area (Å²) in [7, 11) is 0. The van der Waals surface area contributed by atoms with Gasteiger partial charge in [0.2, 0.25) is 5.91 Å². The van der Waals surface area contributed by atoms with Gasteiger partial charge in [-0.3, -0.25) is 4.79 Å². The molecule has 0 aliphatic carbocycles. The number of nitrogens with zero attached hydrogens (tertiary/aromatic N) is 1. The third-order valence-corrected chi connectivity index (χ3v) is 3.84. The van der Waals surface area contributed by atoms with Crippen LogP contribution in [0.4, 0.5) is 5.13 Å². The fraction of sp³-hybridized carbons (Fsp3) is 0.333. The monoisotopic (exact) mass is 325 g/mol. The van der Waals surface area contributed by atoms with E-state index in [1.54, 1.807) is 6.92 Å². The lowest BCUT2D eigenvalue weighted by molar-refractivity contribution is -0.120. The maximum atomic E-state index is 12.1. The molecule has 2 aromatic rings. The molecule has 1 aromatic heterocycles. The van der Waals surface area contributed by atoms with Crippen LogP contribution in [0.3, 0.4) is 0 Å². The number of thiazole rings is 1. The number of amides is 1. The molecule has 21 heavy (non-hydrogen) atoms. The summed E-state index contributed by atoms with van der Waals surface area (Å²) < 4.78 is 0. The number of nitrogens with two attached hydrogens (primary N) is 1. The SMILES string of the molecule is CCCC(C)(N)C(=O)Nc1nc(-c2ccccc2)cs1.Cl. The topological polar surface area (TPSA) is 68.0 Å². The highest BCUT2D eigenvalue weighted by atomic mass is 35.5. The van der Waals surface area contributed by atoms with E-state index >= 15 is 0 Å². The van der Waals surface area contributed by atoms with Crippen LogP contribution in [0, 0.1) is 0 Å². The van der Waals surface area contributed by atoms with E-state index in [1.165, 1.54) is 11.3 Å². The van der Waals surface area contributed by atoms with E-state index in [1.807, 2.05) is 42.6 Å². The summed E-state index contributed by atoms with van der Waals surface area (Å²) in [5.41, 5.74) is 7.04. The average molecular weight is 326 g/mol. The van der Waals surface area contributed by atoms with E-state index in [0.717, 1.165) is 17.7 Å². The summed E-state index contributed by atoms with van der Waals surface area (Å²) in [6, 6.07) is 9.87. The number of hydrogen-bond acceptors (Lipinski definition) is 4. The summed E-state index contributed by atoms with van der Waals surface area (Å²) in [6.45, 7) is 3.76. The van der Waals surface area contributed by atoms with Crippen molar-refractivity contribution in [3.63, 3.8) is 0 Å². The Morgan fingerprint density at radius 3 is 2.67 bits per heavy atom. The van der Waals surface area contributed by atoms with Crippen LogP contribution in [0.15, 0.2) is 35.7 Å². The van der Waals surface area contributed by atoms with E-state index in [0.29, 0.717) is 11.6 Å². The molecule has 0 radical (unpaired) electrons. The van der Waals surface area contributed by atoms with Gasteiger partial charge >= 0.3 is 0 Å². The number of nitrogens with one attached hydrogen (secondary N) is 1. The van der Waals surface area contributed by atoms with Gasteiger partial charge < -0.3 is 11.1 Å². The highest BCUT2D eigenvalue weighted by Gasteiger charge is 2.27. The van der Waals surface area contributed by atoms with Crippen LogP contribution < -0.4 is 11.1 Å². The molecule has 0 fully saturated rings. The molecular weight excluding hydrogens is 306 g/mol. The van der Waals surface area contributed by atoms with Crippen molar-refractivity contribution < 1.29 is 4.79 Å². The molecule has 0 aliphatic rings. The minimum atomic E-state index is -0.854. The highest BCUT2D eigenvalue weighted by Crippen LogP contribution is 2.25. The molecule has 0 spiro atoms. The Labute approximate surface area is 135 Å². The minimum Gasteiger partial charge on any atom is -0.318 e. The van der Waals surface area contributed by atoms with Gasteiger partial charge in [0.25, 0.3) is 0 Å². The first-order chi connectivity index (χ1) is 9.53. The molecular formula is C15H20ClN3OS. The lowest BCUT2D eigenvalue weighted by Gasteiger charge is -2.21. The number of rotatable bonds is 5. The highest BCUT2D eigenvalue weighted by molar-refractivity contribution is 7.14. The summed E-state index contributed by atoms with van der Waals surface area (Å²) in [4.78, 5) is 16.5. The van der Waals surface area contributed by atoms with Crippen molar-refractivity contribution in [2.75, 3.05) is 5.32 Å². The van der Waals surface area contributed by atoms with Crippen LogP contribution in [0.5, 0.6) is 0 Å². The Hall–Kier alpha value is -1.43.